The number of thiophene rings is 1. The molecule has 7 atom stereocenters. The van der Waals surface area contributed by atoms with Crippen LogP contribution in [0.4, 0.5) is 4.39 Å². The van der Waals surface area contributed by atoms with Crippen molar-refractivity contribution < 1.29 is 33.1 Å². The Balaban J connectivity index is 1.23. The number of carbonyl (C=O) groups excluding carboxylic acids is 3. The van der Waals surface area contributed by atoms with Crippen molar-refractivity contribution in [3.05, 3.63) is 70.6 Å². The summed E-state index contributed by atoms with van der Waals surface area (Å²) in [4.78, 5) is 64.3. The lowest BCUT2D eigenvalue weighted by Crippen LogP contribution is -2.57. The summed E-state index contributed by atoms with van der Waals surface area (Å²) in [5.41, 5.74) is 0.831. The molecule has 2 aromatic carbocycles. The standard InChI is InChI=1S/C35H40FN4O6PS/c1-20(2)22-8-11-28(38-33(41)31-16-24-14-23(9-13-30(24)48-31)32(36)47(44,45)46)34(42)40-26(15-22)10-12-29(40)35(43)39-18-25(17-37)27(19-39)21-6-4-3-5-7-21/h3-7,9,13-14,16,20,22,25-29,32H,8,10-12,15,18-19H2,1-2H3,(H,38,41)(H2,44,45,46)/t22-,25-,26-,27+,28+,29+,32?/m1/s1. The van der Waals surface area contributed by atoms with Crippen molar-refractivity contribution in [3.63, 3.8) is 0 Å². The maximum absolute atomic E-state index is 14.4. The van der Waals surface area contributed by atoms with Gasteiger partial charge in [-0.2, -0.15) is 5.26 Å². The summed E-state index contributed by atoms with van der Waals surface area (Å²) in [5, 5.41) is 13.3. The lowest BCUT2D eigenvalue weighted by molar-refractivity contribution is -0.147. The number of nitriles is 1. The molecule has 13 heteroatoms. The Hall–Kier alpha value is -3.62. The number of amides is 3. The highest BCUT2D eigenvalue weighted by atomic mass is 32.1. The second-order valence-electron chi connectivity index (χ2n) is 13.7. The molecule has 48 heavy (non-hydrogen) atoms. The average Bonchev–Trinajstić information content (AvgIpc) is 3.80. The van der Waals surface area contributed by atoms with Crippen molar-refractivity contribution in [1.29, 1.82) is 5.26 Å². The Morgan fingerprint density at radius 2 is 1.81 bits per heavy atom. The maximum atomic E-state index is 14.4. The average molecular weight is 695 g/mol. The fourth-order valence-corrected chi connectivity index (χ4v) is 9.19. The molecule has 3 aliphatic rings. The first-order chi connectivity index (χ1) is 22.8. The minimum Gasteiger partial charge on any atom is -0.340 e. The SMILES string of the molecule is CC(C)[C@@H]1CC[C@H](NC(=O)c2cc3cc(C(F)P(=O)(O)O)ccc3s2)C(=O)N2[C@H](CC[C@H]2C(=O)N2C[C@@H](C#N)[C@H](c3ccccc3)C2)C1. The van der Waals surface area contributed by atoms with Crippen LogP contribution in [0.1, 0.15) is 78.6 Å². The molecule has 3 fully saturated rings. The van der Waals surface area contributed by atoms with Crippen LogP contribution in [0.5, 0.6) is 0 Å². The van der Waals surface area contributed by atoms with Gasteiger partial charge in [-0.1, -0.05) is 50.2 Å². The van der Waals surface area contributed by atoms with Gasteiger partial charge in [-0.25, -0.2) is 4.39 Å². The van der Waals surface area contributed by atoms with Gasteiger partial charge in [0.05, 0.1) is 16.9 Å². The molecule has 0 saturated carbocycles. The topological polar surface area (TPSA) is 151 Å². The summed E-state index contributed by atoms with van der Waals surface area (Å²) in [5.74, 6) is -3.21. The van der Waals surface area contributed by atoms with E-state index in [0.29, 0.717) is 54.3 Å². The number of benzene rings is 2. The zero-order chi connectivity index (χ0) is 34.3. The molecule has 0 bridgehead atoms. The van der Waals surface area contributed by atoms with E-state index in [0.717, 1.165) is 29.7 Å². The third-order valence-electron chi connectivity index (χ3n) is 10.3. The molecule has 0 spiro atoms. The zero-order valence-electron chi connectivity index (χ0n) is 26.9. The van der Waals surface area contributed by atoms with E-state index in [1.807, 2.05) is 30.3 Å². The number of alkyl halides is 1. The predicted molar refractivity (Wildman–Crippen MR) is 180 cm³/mol. The number of rotatable bonds is 7. The van der Waals surface area contributed by atoms with Crippen molar-refractivity contribution >= 4 is 46.7 Å². The van der Waals surface area contributed by atoms with Crippen LogP contribution >= 0.6 is 18.9 Å². The van der Waals surface area contributed by atoms with Gasteiger partial charge in [0.1, 0.15) is 12.1 Å². The summed E-state index contributed by atoms with van der Waals surface area (Å²) in [6, 6.07) is 16.1. The van der Waals surface area contributed by atoms with E-state index in [-0.39, 0.29) is 40.1 Å². The second-order valence-corrected chi connectivity index (χ2v) is 16.4. The number of fused-ring (bicyclic) bond motifs is 2. The lowest BCUT2D eigenvalue weighted by Gasteiger charge is -2.39. The van der Waals surface area contributed by atoms with Gasteiger partial charge in [0.2, 0.25) is 17.7 Å². The Morgan fingerprint density at radius 1 is 1.06 bits per heavy atom. The van der Waals surface area contributed by atoms with Gasteiger partial charge >= 0.3 is 7.60 Å². The summed E-state index contributed by atoms with van der Waals surface area (Å²) >= 11 is 1.14. The molecular formula is C35H40FN4O6PS. The highest BCUT2D eigenvalue weighted by Gasteiger charge is 2.48. The first kappa shape index (κ1) is 34.3. The highest BCUT2D eigenvalue weighted by molar-refractivity contribution is 7.51. The first-order valence-electron chi connectivity index (χ1n) is 16.4. The third-order valence-corrected chi connectivity index (χ3v) is 12.4. The van der Waals surface area contributed by atoms with Gasteiger partial charge in [-0.15, -0.1) is 11.3 Å². The zero-order valence-corrected chi connectivity index (χ0v) is 28.6. The molecule has 0 radical (unpaired) electrons. The van der Waals surface area contributed by atoms with Crippen molar-refractivity contribution in [1.82, 2.24) is 15.1 Å². The second kappa shape index (κ2) is 13.7. The Labute approximate surface area is 283 Å². The molecule has 4 heterocycles. The molecule has 0 aliphatic carbocycles. The van der Waals surface area contributed by atoms with Crippen LogP contribution in [0.15, 0.2) is 54.6 Å². The van der Waals surface area contributed by atoms with E-state index in [1.54, 1.807) is 9.80 Å². The largest absolute Gasteiger partial charge is 0.363 e. The van der Waals surface area contributed by atoms with Crippen LogP contribution in [0.3, 0.4) is 0 Å². The quantitative estimate of drug-likeness (QED) is 0.268. The molecule has 3 amide bonds. The van der Waals surface area contributed by atoms with E-state index in [1.165, 1.54) is 24.3 Å². The molecule has 1 unspecified atom stereocenters. The molecule has 3 saturated heterocycles. The number of carbonyl (C=O) groups is 3. The molecule has 3 aliphatic heterocycles. The smallest absolute Gasteiger partial charge is 0.340 e. The van der Waals surface area contributed by atoms with Gasteiger partial charge in [0.15, 0.2) is 0 Å². The van der Waals surface area contributed by atoms with Gasteiger partial charge < -0.3 is 24.9 Å². The van der Waals surface area contributed by atoms with Crippen molar-refractivity contribution in [3.8, 4) is 6.07 Å². The third kappa shape index (κ3) is 6.79. The van der Waals surface area contributed by atoms with E-state index in [2.05, 4.69) is 25.2 Å². The maximum Gasteiger partial charge on any atom is 0.363 e. The van der Waals surface area contributed by atoms with Crippen molar-refractivity contribution in [2.75, 3.05) is 13.1 Å². The van der Waals surface area contributed by atoms with Crippen LogP contribution in [0.2, 0.25) is 0 Å². The van der Waals surface area contributed by atoms with E-state index in [4.69, 9.17) is 0 Å². The molecule has 10 nitrogen and oxygen atoms in total. The number of nitrogens with one attached hydrogen (secondary N) is 1. The monoisotopic (exact) mass is 694 g/mol. The summed E-state index contributed by atoms with van der Waals surface area (Å²) in [7, 11) is -5.00. The van der Waals surface area contributed by atoms with E-state index in [9.17, 15) is 38.4 Å². The van der Waals surface area contributed by atoms with Crippen LogP contribution < -0.4 is 5.32 Å². The van der Waals surface area contributed by atoms with Crippen LogP contribution in [-0.4, -0.2) is 68.5 Å². The number of likely N-dealkylation sites (tertiary alicyclic amines) is 1. The fraction of sp³-hybridized carbons (Fsp3) is 0.486. The van der Waals surface area contributed by atoms with Crippen LogP contribution in [0.25, 0.3) is 10.1 Å². The van der Waals surface area contributed by atoms with E-state index < -0.39 is 31.5 Å². The number of hydrogen-bond donors (Lipinski definition) is 3. The van der Waals surface area contributed by atoms with Gasteiger partial charge in [-0.05, 0) is 78.7 Å². The number of hydrogen-bond acceptors (Lipinski definition) is 6. The molecule has 1 aromatic heterocycles. The fourth-order valence-electron chi connectivity index (χ4n) is 7.69. The molecule has 3 N–H and O–H groups in total. The highest BCUT2D eigenvalue weighted by Crippen LogP contribution is 2.53. The molecular weight excluding hydrogens is 654 g/mol. The summed E-state index contributed by atoms with van der Waals surface area (Å²) in [6.45, 7) is 5.01. The summed E-state index contributed by atoms with van der Waals surface area (Å²) in [6.07, 6.45) is 3.14. The minimum absolute atomic E-state index is 0.109. The first-order valence-corrected chi connectivity index (χ1v) is 18.9. The molecule has 254 valence electrons. The molecule has 6 rings (SSSR count). The van der Waals surface area contributed by atoms with Crippen LogP contribution in [-0.2, 0) is 14.2 Å². The summed E-state index contributed by atoms with van der Waals surface area (Å²) < 4.78 is 26.4. The van der Waals surface area contributed by atoms with Gasteiger partial charge in [0, 0.05) is 29.7 Å². The van der Waals surface area contributed by atoms with Crippen molar-refractivity contribution in [2.24, 2.45) is 17.8 Å². The minimum atomic E-state index is -5.00. The van der Waals surface area contributed by atoms with Gasteiger partial charge in [0.25, 0.3) is 5.91 Å². The van der Waals surface area contributed by atoms with E-state index >= 15 is 0 Å². The Kier molecular flexibility index (Phi) is 9.78. The lowest BCUT2D eigenvalue weighted by atomic mass is 9.82. The molecule has 3 aromatic rings. The van der Waals surface area contributed by atoms with Crippen molar-refractivity contribution in [2.45, 2.75) is 75.9 Å². The Bertz CT molecular complexity index is 1790. The normalized spacial score (nSPS) is 27.0. The number of halogens is 1. The predicted octanol–water partition coefficient (Wildman–Crippen LogP) is 5.73. The number of nitrogens with zero attached hydrogens (tertiary/aromatic N) is 3. The van der Waals surface area contributed by atoms with Gasteiger partial charge in [-0.3, -0.25) is 18.9 Å². The Morgan fingerprint density at radius 3 is 2.50 bits per heavy atom. The van der Waals surface area contributed by atoms with Crippen LogP contribution in [0, 0.1) is 29.1 Å².